The first-order valence-corrected chi connectivity index (χ1v) is 7.66. The molecule has 0 fully saturated rings. The van der Waals surface area contributed by atoms with Crippen LogP contribution >= 0.6 is 0 Å². The van der Waals surface area contributed by atoms with Crippen LogP contribution < -0.4 is 4.31 Å². The van der Waals surface area contributed by atoms with E-state index in [0.717, 1.165) is 0 Å². The smallest absolute Gasteiger partial charge is 0.236 e. The van der Waals surface area contributed by atoms with Gasteiger partial charge < -0.3 is 0 Å². The molecule has 0 spiro atoms. The van der Waals surface area contributed by atoms with Gasteiger partial charge in [-0.25, -0.2) is 18.4 Å². The fraction of sp³-hybridized carbons (Fsp3) is 0.667. The van der Waals surface area contributed by atoms with Crippen molar-refractivity contribution in [2.45, 2.75) is 40.7 Å². The highest BCUT2D eigenvalue weighted by Gasteiger charge is 2.27. The van der Waals surface area contributed by atoms with Gasteiger partial charge in [0.2, 0.25) is 10.0 Å². The first kappa shape index (κ1) is 14.9. The third-order valence-corrected chi connectivity index (χ3v) is 4.60. The van der Waals surface area contributed by atoms with E-state index in [1.54, 1.807) is 19.2 Å². The monoisotopic (exact) mass is 271 g/mol. The second-order valence-electron chi connectivity index (χ2n) is 5.02. The molecular formula is C12H21N3O2S. The van der Waals surface area contributed by atoms with Crippen molar-refractivity contribution in [3.63, 3.8) is 0 Å². The van der Waals surface area contributed by atoms with Crippen LogP contribution in [0, 0.1) is 12.8 Å². The van der Waals surface area contributed by atoms with Gasteiger partial charge in [-0.15, -0.1) is 0 Å². The molecule has 0 saturated carbocycles. The van der Waals surface area contributed by atoms with Crippen LogP contribution in [0.4, 0.5) is 5.82 Å². The van der Waals surface area contributed by atoms with E-state index in [2.05, 4.69) is 9.97 Å². The molecule has 18 heavy (non-hydrogen) atoms. The third kappa shape index (κ3) is 3.66. The summed E-state index contributed by atoms with van der Waals surface area (Å²) in [5.74, 6) is 1.21. The fourth-order valence-electron chi connectivity index (χ4n) is 1.80. The minimum Gasteiger partial charge on any atom is -0.251 e. The lowest BCUT2D eigenvalue weighted by atomic mass is 10.3. The minimum atomic E-state index is -3.35. The molecular weight excluding hydrogens is 250 g/mol. The SMILES string of the molecule is Cc1nccc(N(C(C)C)S(=O)(=O)CC(C)C)n1. The molecule has 0 amide bonds. The molecule has 0 aromatic carbocycles. The molecule has 0 atom stereocenters. The summed E-state index contributed by atoms with van der Waals surface area (Å²) in [5.41, 5.74) is 0. The molecule has 0 aliphatic heterocycles. The van der Waals surface area contributed by atoms with Gasteiger partial charge in [0, 0.05) is 18.3 Å². The summed E-state index contributed by atoms with van der Waals surface area (Å²) in [6.07, 6.45) is 1.58. The summed E-state index contributed by atoms with van der Waals surface area (Å²) in [4.78, 5) is 8.20. The summed E-state index contributed by atoms with van der Waals surface area (Å²) >= 11 is 0. The topological polar surface area (TPSA) is 63.2 Å². The van der Waals surface area contributed by atoms with E-state index in [1.807, 2.05) is 27.7 Å². The van der Waals surface area contributed by atoms with E-state index in [0.29, 0.717) is 11.6 Å². The van der Waals surface area contributed by atoms with E-state index < -0.39 is 10.0 Å². The molecule has 1 rings (SSSR count). The number of hydrogen-bond acceptors (Lipinski definition) is 4. The van der Waals surface area contributed by atoms with Gasteiger partial charge in [-0.2, -0.15) is 0 Å². The molecule has 0 unspecified atom stereocenters. The van der Waals surface area contributed by atoms with Gasteiger partial charge in [0.15, 0.2) is 0 Å². The average molecular weight is 271 g/mol. The van der Waals surface area contributed by atoms with Gasteiger partial charge in [-0.05, 0) is 26.7 Å². The van der Waals surface area contributed by atoms with Crippen molar-refractivity contribution in [3.05, 3.63) is 18.1 Å². The highest BCUT2D eigenvalue weighted by Crippen LogP contribution is 2.20. The van der Waals surface area contributed by atoms with Crippen molar-refractivity contribution in [1.82, 2.24) is 9.97 Å². The predicted molar refractivity (Wildman–Crippen MR) is 73.0 cm³/mol. The van der Waals surface area contributed by atoms with Gasteiger partial charge in [0.05, 0.1) is 5.75 Å². The third-order valence-electron chi connectivity index (χ3n) is 2.30. The standard InChI is InChI=1S/C12H21N3O2S/c1-9(2)8-18(16,17)15(10(3)4)12-6-7-13-11(5)14-12/h6-7,9-10H,8H2,1-5H3. The van der Waals surface area contributed by atoms with Crippen LogP contribution in [0.5, 0.6) is 0 Å². The molecule has 1 heterocycles. The normalized spacial score (nSPS) is 12.2. The van der Waals surface area contributed by atoms with Crippen molar-refractivity contribution in [2.75, 3.05) is 10.1 Å². The van der Waals surface area contributed by atoms with Crippen molar-refractivity contribution in [3.8, 4) is 0 Å². The van der Waals surface area contributed by atoms with Gasteiger partial charge in [0.1, 0.15) is 11.6 Å². The summed E-state index contributed by atoms with van der Waals surface area (Å²) in [6.45, 7) is 9.21. The number of anilines is 1. The largest absolute Gasteiger partial charge is 0.251 e. The Morgan fingerprint density at radius 3 is 2.33 bits per heavy atom. The second-order valence-corrected chi connectivity index (χ2v) is 6.91. The number of sulfonamides is 1. The van der Waals surface area contributed by atoms with Gasteiger partial charge in [0.25, 0.3) is 0 Å². The second kappa shape index (κ2) is 5.65. The zero-order valence-electron chi connectivity index (χ0n) is 11.6. The zero-order chi connectivity index (χ0) is 13.9. The zero-order valence-corrected chi connectivity index (χ0v) is 12.4. The van der Waals surface area contributed by atoms with E-state index >= 15 is 0 Å². The molecule has 0 saturated heterocycles. The molecule has 5 nitrogen and oxygen atoms in total. The Balaban J connectivity index is 3.19. The summed E-state index contributed by atoms with van der Waals surface area (Å²) < 4.78 is 26.1. The molecule has 1 aromatic heterocycles. The molecule has 0 radical (unpaired) electrons. The minimum absolute atomic E-state index is 0.0826. The van der Waals surface area contributed by atoms with Crippen LogP contribution in [-0.2, 0) is 10.0 Å². The number of aromatic nitrogens is 2. The molecule has 102 valence electrons. The Morgan fingerprint density at radius 1 is 1.28 bits per heavy atom. The summed E-state index contributed by atoms with van der Waals surface area (Å²) in [7, 11) is -3.35. The van der Waals surface area contributed by atoms with E-state index in [-0.39, 0.29) is 17.7 Å². The van der Waals surface area contributed by atoms with Crippen LogP contribution in [0.3, 0.4) is 0 Å². The first-order valence-electron chi connectivity index (χ1n) is 6.06. The Morgan fingerprint density at radius 2 is 1.89 bits per heavy atom. The first-order chi connectivity index (χ1) is 8.24. The van der Waals surface area contributed by atoms with Crippen LogP contribution in [-0.4, -0.2) is 30.2 Å². The van der Waals surface area contributed by atoms with Gasteiger partial charge >= 0.3 is 0 Å². The van der Waals surface area contributed by atoms with Crippen LogP contribution in [0.1, 0.15) is 33.5 Å². The summed E-state index contributed by atoms with van der Waals surface area (Å²) in [6, 6.07) is 1.47. The van der Waals surface area contributed by atoms with Crippen LogP contribution in [0.15, 0.2) is 12.3 Å². The average Bonchev–Trinajstić information content (AvgIpc) is 2.13. The van der Waals surface area contributed by atoms with E-state index in [9.17, 15) is 8.42 Å². The van der Waals surface area contributed by atoms with Gasteiger partial charge in [-0.3, -0.25) is 4.31 Å². The highest BCUT2D eigenvalue weighted by molar-refractivity contribution is 7.92. The maximum Gasteiger partial charge on any atom is 0.236 e. The molecule has 0 N–H and O–H groups in total. The fourth-order valence-corrected chi connectivity index (χ4v) is 3.83. The molecule has 6 heteroatoms. The molecule has 0 bridgehead atoms. The number of aryl methyl sites for hydroxylation is 1. The Kier molecular flexibility index (Phi) is 4.67. The highest BCUT2D eigenvalue weighted by atomic mass is 32.2. The van der Waals surface area contributed by atoms with E-state index in [4.69, 9.17) is 0 Å². The number of rotatable bonds is 5. The van der Waals surface area contributed by atoms with Crippen molar-refractivity contribution < 1.29 is 8.42 Å². The lowest BCUT2D eigenvalue weighted by Gasteiger charge is -2.27. The maximum absolute atomic E-state index is 12.4. The number of hydrogen-bond donors (Lipinski definition) is 0. The predicted octanol–water partition coefficient (Wildman–Crippen LogP) is 1.99. The van der Waals surface area contributed by atoms with Crippen molar-refractivity contribution in [2.24, 2.45) is 5.92 Å². The lowest BCUT2D eigenvalue weighted by molar-refractivity contribution is 0.570. The maximum atomic E-state index is 12.4. The quantitative estimate of drug-likeness (QED) is 0.821. The van der Waals surface area contributed by atoms with Crippen LogP contribution in [0.2, 0.25) is 0 Å². The number of nitrogens with zero attached hydrogens (tertiary/aromatic N) is 3. The lowest BCUT2D eigenvalue weighted by Crippen LogP contribution is -2.40. The Bertz CT molecular complexity index is 498. The Hall–Kier alpha value is -1.17. The van der Waals surface area contributed by atoms with Crippen molar-refractivity contribution >= 4 is 15.8 Å². The Labute approximate surface area is 109 Å². The van der Waals surface area contributed by atoms with Gasteiger partial charge in [-0.1, -0.05) is 13.8 Å². The molecule has 0 aliphatic rings. The molecule has 0 aliphatic carbocycles. The van der Waals surface area contributed by atoms with Crippen molar-refractivity contribution in [1.29, 1.82) is 0 Å². The van der Waals surface area contributed by atoms with Crippen LogP contribution in [0.25, 0.3) is 0 Å². The molecule has 1 aromatic rings. The van der Waals surface area contributed by atoms with E-state index in [1.165, 1.54) is 4.31 Å². The summed E-state index contributed by atoms with van der Waals surface area (Å²) in [5, 5.41) is 0.